The van der Waals surface area contributed by atoms with E-state index < -0.39 is 51.2 Å². The molecule has 13 heteroatoms. The minimum absolute atomic E-state index is 0.0819. The fraction of sp³-hybridized carbons (Fsp3) is 0.607. The first kappa shape index (κ1) is 33.8. The van der Waals surface area contributed by atoms with E-state index in [9.17, 15) is 14.4 Å². The zero-order valence-corrected chi connectivity index (χ0v) is 31.9. The second-order valence-corrected chi connectivity index (χ2v) is 34.6. The number of nitrogens with one attached hydrogen (secondary N) is 1. The summed E-state index contributed by atoms with van der Waals surface area (Å²) in [6.07, 6.45) is 0. The molecule has 8 nitrogen and oxygen atoms in total. The lowest BCUT2D eigenvalue weighted by Crippen LogP contribution is -2.75. The van der Waals surface area contributed by atoms with Gasteiger partial charge in [0.15, 0.2) is 8.24 Å². The number of nitrogens with zero attached hydrogens (tertiary/aromatic N) is 2. The van der Waals surface area contributed by atoms with Gasteiger partial charge in [-0.25, -0.2) is 4.79 Å². The summed E-state index contributed by atoms with van der Waals surface area (Å²) in [5.41, 5.74) is 2.06. The maximum atomic E-state index is 14.6. The SMILES string of the molecule is CC1=C(C(=O)O[Si](C)(C)C)N2C(=O)C(N(C(=O)C(N[Si](C)(C)C)c3ccc(O[Si](C)(C)C)cc3)[Si](C)(C)C)C2SC1. The highest BCUT2D eigenvalue weighted by Crippen LogP contribution is 2.44. The molecule has 3 rings (SSSR count). The van der Waals surface area contributed by atoms with E-state index in [1.807, 2.05) is 55.4 Å². The highest BCUT2D eigenvalue weighted by atomic mass is 32.2. The molecule has 2 aliphatic heterocycles. The number of hydrogen-bond acceptors (Lipinski definition) is 7. The molecule has 1 N–H and O–H groups in total. The first-order chi connectivity index (χ1) is 18.5. The van der Waals surface area contributed by atoms with Crippen LogP contribution in [0.25, 0.3) is 0 Å². The number of amides is 2. The quantitative estimate of drug-likeness (QED) is 0.247. The number of benzene rings is 1. The molecular weight excluding hydrogens is 603 g/mol. The van der Waals surface area contributed by atoms with Crippen molar-refractivity contribution in [2.24, 2.45) is 0 Å². The van der Waals surface area contributed by atoms with Crippen LogP contribution in [0.1, 0.15) is 18.5 Å². The van der Waals surface area contributed by atoms with Gasteiger partial charge in [0.2, 0.25) is 22.5 Å². The molecule has 0 saturated carbocycles. The van der Waals surface area contributed by atoms with Crippen molar-refractivity contribution in [1.82, 2.24) is 14.4 Å². The third-order valence-electron chi connectivity index (χ3n) is 6.42. The highest BCUT2D eigenvalue weighted by molar-refractivity contribution is 8.00. The van der Waals surface area contributed by atoms with Crippen LogP contribution >= 0.6 is 11.8 Å². The molecule has 0 aromatic heterocycles. The summed E-state index contributed by atoms with van der Waals surface area (Å²) in [5, 5.41) is -0.314. The molecule has 3 atom stereocenters. The number of β-lactam (4-membered cyclic amide) rings is 1. The van der Waals surface area contributed by atoms with Gasteiger partial charge in [0.05, 0.1) is 0 Å². The van der Waals surface area contributed by atoms with Crippen molar-refractivity contribution in [1.29, 1.82) is 0 Å². The van der Waals surface area contributed by atoms with Gasteiger partial charge in [0.25, 0.3) is 5.91 Å². The van der Waals surface area contributed by atoms with Crippen molar-refractivity contribution in [3.63, 3.8) is 0 Å². The van der Waals surface area contributed by atoms with Crippen molar-refractivity contribution >= 4 is 62.7 Å². The van der Waals surface area contributed by atoms with Gasteiger partial charge in [-0.1, -0.05) is 51.4 Å². The molecule has 2 heterocycles. The predicted molar refractivity (Wildman–Crippen MR) is 179 cm³/mol. The largest absolute Gasteiger partial charge is 0.544 e. The fourth-order valence-electron chi connectivity index (χ4n) is 5.00. The zero-order valence-electron chi connectivity index (χ0n) is 27.1. The van der Waals surface area contributed by atoms with E-state index in [0.717, 1.165) is 16.9 Å². The van der Waals surface area contributed by atoms with Crippen molar-refractivity contribution < 1.29 is 23.2 Å². The second kappa shape index (κ2) is 11.8. The van der Waals surface area contributed by atoms with E-state index in [2.05, 4.69) is 63.9 Å². The molecule has 41 heavy (non-hydrogen) atoms. The van der Waals surface area contributed by atoms with E-state index >= 15 is 0 Å². The standard InChI is InChI=1S/C28H49N3O5SSi4/c1-19-18-37-27-24(26(33)30(27)23(19)28(34)36-41(11,12)13)31(39(5,6)7)25(32)22(29-38(2,3)4)20-14-16-21(17-15-20)35-40(8,9)10/h14-17,22,24,27,29H,18H2,1-13H3. The Hall–Kier alpha value is -1.65. The van der Waals surface area contributed by atoms with Gasteiger partial charge < -0.3 is 18.4 Å². The predicted octanol–water partition coefficient (Wildman–Crippen LogP) is 5.97. The zero-order chi connectivity index (χ0) is 31.3. The lowest BCUT2D eigenvalue weighted by molar-refractivity contribution is -0.156. The smallest absolute Gasteiger partial charge is 0.341 e. The molecule has 2 amide bonds. The number of carbonyl (C=O) groups is 3. The highest BCUT2D eigenvalue weighted by Gasteiger charge is 2.59. The summed E-state index contributed by atoms with van der Waals surface area (Å²) >= 11 is 1.62. The summed E-state index contributed by atoms with van der Waals surface area (Å²) in [6.45, 7) is 27.0. The van der Waals surface area contributed by atoms with Crippen molar-refractivity contribution in [3.8, 4) is 5.75 Å². The summed E-state index contributed by atoms with van der Waals surface area (Å²) in [4.78, 5) is 47.0. The van der Waals surface area contributed by atoms with Crippen molar-refractivity contribution in [3.05, 3.63) is 41.1 Å². The molecule has 1 aromatic rings. The number of carbonyl (C=O) groups excluding carboxylic acids is 3. The lowest BCUT2D eigenvalue weighted by Gasteiger charge is -2.56. The van der Waals surface area contributed by atoms with Crippen LogP contribution in [0.5, 0.6) is 5.75 Å². The van der Waals surface area contributed by atoms with Crippen LogP contribution in [-0.4, -0.2) is 77.5 Å². The van der Waals surface area contributed by atoms with Crippen LogP contribution in [-0.2, 0) is 18.8 Å². The lowest BCUT2D eigenvalue weighted by atomic mass is 10.0. The molecular formula is C28H49N3O5SSi4. The van der Waals surface area contributed by atoms with Crippen LogP contribution in [0.3, 0.4) is 0 Å². The summed E-state index contributed by atoms with van der Waals surface area (Å²) in [5.74, 6) is 0.706. The number of rotatable bonds is 10. The molecule has 0 radical (unpaired) electrons. The molecule has 3 unspecified atom stereocenters. The minimum Gasteiger partial charge on any atom is -0.544 e. The molecule has 1 saturated heterocycles. The van der Waals surface area contributed by atoms with Gasteiger partial charge in [-0.05, 0) is 69.5 Å². The third kappa shape index (κ3) is 8.25. The Morgan fingerprint density at radius 1 is 0.951 bits per heavy atom. The summed E-state index contributed by atoms with van der Waals surface area (Å²) in [6, 6.07) is 6.61. The van der Waals surface area contributed by atoms with Crippen LogP contribution < -0.4 is 9.41 Å². The molecule has 0 spiro atoms. The normalized spacial score (nSPS) is 20.7. The molecule has 0 aliphatic carbocycles. The monoisotopic (exact) mass is 651 g/mol. The Labute approximate surface area is 255 Å². The summed E-state index contributed by atoms with van der Waals surface area (Å²) in [7, 11) is -8.23. The van der Waals surface area contributed by atoms with Gasteiger partial charge in [0.1, 0.15) is 37.1 Å². The van der Waals surface area contributed by atoms with Gasteiger partial charge in [-0.15, -0.1) is 11.8 Å². The number of hydrogen-bond donors (Lipinski definition) is 1. The Morgan fingerprint density at radius 2 is 1.51 bits per heavy atom. The fourth-order valence-corrected chi connectivity index (χ4v) is 11.0. The van der Waals surface area contributed by atoms with Crippen molar-refractivity contribution in [2.45, 2.75) is 103 Å². The van der Waals surface area contributed by atoms with Crippen LogP contribution in [0.4, 0.5) is 0 Å². The second-order valence-electron chi connectivity index (χ2n) is 15.0. The molecule has 228 valence electrons. The third-order valence-corrected chi connectivity index (χ3v) is 12.6. The maximum absolute atomic E-state index is 14.6. The molecule has 0 bridgehead atoms. The van der Waals surface area contributed by atoms with Gasteiger partial charge >= 0.3 is 5.97 Å². The van der Waals surface area contributed by atoms with Gasteiger partial charge in [0, 0.05) is 5.75 Å². The van der Waals surface area contributed by atoms with Gasteiger partial charge in [-0.3, -0.25) is 14.5 Å². The van der Waals surface area contributed by atoms with Crippen LogP contribution in [0, 0.1) is 0 Å². The first-order valence-electron chi connectivity index (χ1n) is 14.3. The maximum Gasteiger partial charge on any atom is 0.341 e. The van der Waals surface area contributed by atoms with E-state index in [1.54, 1.807) is 16.7 Å². The van der Waals surface area contributed by atoms with E-state index in [4.69, 9.17) is 8.85 Å². The van der Waals surface area contributed by atoms with E-state index in [-0.39, 0.29) is 17.2 Å². The Kier molecular flexibility index (Phi) is 9.73. The Morgan fingerprint density at radius 3 is 1.98 bits per heavy atom. The molecule has 2 aliphatic rings. The van der Waals surface area contributed by atoms with Crippen molar-refractivity contribution in [2.75, 3.05) is 5.75 Å². The van der Waals surface area contributed by atoms with Crippen LogP contribution in [0.2, 0.25) is 78.6 Å². The average molecular weight is 652 g/mol. The molecule has 1 aromatic carbocycles. The Balaban J connectivity index is 1.98. The average Bonchev–Trinajstić information content (AvgIpc) is 2.77. The summed E-state index contributed by atoms with van der Waals surface area (Å²) < 4.78 is 13.8. The molecule has 1 fully saturated rings. The number of fused-ring (bicyclic) bond motifs is 1. The minimum atomic E-state index is -2.36. The van der Waals surface area contributed by atoms with E-state index in [1.165, 1.54) is 0 Å². The van der Waals surface area contributed by atoms with E-state index in [0.29, 0.717) is 11.4 Å². The van der Waals surface area contributed by atoms with Crippen LogP contribution in [0.15, 0.2) is 35.5 Å². The first-order valence-corrected chi connectivity index (χ1v) is 29.1. The van der Waals surface area contributed by atoms with Gasteiger partial charge in [-0.2, -0.15) is 0 Å². The number of thioether (sulfide) groups is 1. The topological polar surface area (TPSA) is 88.2 Å². The Bertz CT molecular complexity index is 1210.